The zero-order valence-corrected chi connectivity index (χ0v) is 15.7. The van der Waals surface area contributed by atoms with E-state index in [1.165, 1.54) is 0 Å². The van der Waals surface area contributed by atoms with Crippen molar-refractivity contribution in [1.82, 2.24) is 4.90 Å². The predicted molar refractivity (Wildman–Crippen MR) is 105 cm³/mol. The quantitative estimate of drug-likeness (QED) is 0.814. The summed E-state index contributed by atoms with van der Waals surface area (Å²) in [5.41, 5.74) is 1.68. The maximum Gasteiger partial charge on any atom is 0.313 e. The molecular weight excluding hydrogens is 340 g/mol. The molecule has 1 unspecified atom stereocenters. The van der Waals surface area contributed by atoms with Crippen molar-refractivity contribution in [1.29, 1.82) is 0 Å². The highest BCUT2D eigenvalue weighted by molar-refractivity contribution is 6.39. The van der Waals surface area contributed by atoms with Crippen LogP contribution < -0.4 is 10.1 Å². The highest BCUT2D eigenvalue weighted by Gasteiger charge is 2.29. The highest BCUT2D eigenvalue weighted by Crippen LogP contribution is 2.21. The lowest BCUT2D eigenvalue weighted by Crippen LogP contribution is -2.48. The maximum absolute atomic E-state index is 12.5. The van der Waals surface area contributed by atoms with Crippen molar-refractivity contribution in [3.8, 4) is 5.75 Å². The first kappa shape index (κ1) is 19.0. The molecule has 0 spiro atoms. The fraction of sp³-hybridized carbons (Fsp3) is 0.364. The van der Waals surface area contributed by atoms with Crippen LogP contribution in [0.1, 0.15) is 38.2 Å². The van der Waals surface area contributed by atoms with E-state index < -0.39 is 11.8 Å². The summed E-state index contributed by atoms with van der Waals surface area (Å²) in [5.74, 6) is -0.301. The van der Waals surface area contributed by atoms with E-state index in [0.717, 1.165) is 31.2 Å². The maximum atomic E-state index is 12.5. The van der Waals surface area contributed by atoms with Crippen LogP contribution in [0.3, 0.4) is 0 Å². The van der Waals surface area contributed by atoms with Gasteiger partial charge in [-0.3, -0.25) is 9.59 Å². The smallest absolute Gasteiger partial charge is 0.313 e. The number of benzene rings is 2. The second-order valence-electron chi connectivity index (χ2n) is 6.81. The van der Waals surface area contributed by atoms with Gasteiger partial charge in [0.25, 0.3) is 0 Å². The van der Waals surface area contributed by atoms with E-state index in [9.17, 15) is 9.59 Å². The molecule has 2 amide bonds. The van der Waals surface area contributed by atoms with Crippen LogP contribution in [-0.4, -0.2) is 29.3 Å². The first-order valence-corrected chi connectivity index (χ1v) is 9.56. The standard InChI is InChI=1S/C22H26N2O3/c1-2-19-10-6-7-15-24(19)22(26)21(25)23-18-11-13-20(14-12-18)27-16-17-8-4-3-5-9-17/h3-5,8-9,11-14,19H,2,6-7,10,15-16H2,1H3,(H,23,25). The highest BCUT2D eigenvalue weighted by atomic mass is 16.5. The van der Waals surface area contributed by atoms with Crippen LogP contribution in [0.15, 0.2) is 54.6 Å². The van der Waals surface area contributed by atoms with Crippen molar-refractivity contribution in [2.75, 3.05) is 11.9 Å². The van der Waals surface area contributed by atoms with E-state index in [1.54, 1.807) is 29.2 Å². The van der Waals surface area contributed by atoms with Gasteiger partial charge in [0.1, 0.15) is 12.4 Å². The number of hydrogen-bond donors (Lipinski definition) is 1. The van der Waals surface area contributed by atoms with Gasteiger partial charge in [-0.1, -0.05) is 37.3 Å². The molecule has 0 bridgehead atoms. The lowest BCUT2D eigenvalue weighted by Gasteiger charge is -2.34. The monoisotopic (exact) mass is 366 g/mol. The molecule has 27 heavy (non-hydrogen) atoms. The number of hydrogen-bond acceptors (Lipinski definition) is 3. The van der Waals surface area contributed by atoms with Crippen LogP contribution >= 0.6 is 0 Å². The molecule has 142 valence electrons. The second-order valence-corrected chi connectivity index (χ2v) is 6.81. The molecule has 1 N–H and O–H groups in total. The van der Waals surface area contributed by atoms with Gasteiger partial charge in [-0.05, 0) is 55.5 Å². The Labute approximate surface area is 160 Å². The Morgan fingerprint density at radius 1 is 1.07 bits per heavy atom. The van der Waals surface area contributed by atoms with Gasteiger partial charge in [0.05, 0.1) is 0 Å². The van der Waals surface area contributed by atoms with Crippen LogP contribution in [0, 0.1) is 0 Å². The number of likely N-dealkylation sites (tertiary alicyclic amines) is 1. The number of anilines is 1. The number of nitrogens with zero attached hydrogens (tertiary/aromatic N) is 1. The van der Waals surface area contributed by atoms with Crippen LogP contribution in [0.4, 0.5) is 5.69 Å². The average Bonchev–Trinajstić information content (AvgIpc) is 2.73. The number of carbonyl (C=O) groups is 2. The van der Waals surface area contributed by atoms with Gasteiger partial charge >= 0.3 is 11.8 Å². The van der Waals surface area contributed by atoms with Crippen molar-refractivity contribution >= 4 is 17.5 Å². The van der Waals surface area contributed by atoms with E-state index in [1.807, 2.05) is 30.3 Å². The van der Waals surface area contributed by atoms with Gasteiger partial charge in [-0.2, -0.15) is 0 Å². The predicted octanol–water partition coefficient (Wildman–Crippen LogP) is 4.00. The lowest BCUT2D eigenvalue weighted by atomic mass is 10.00. The largest absolute Gasteiger partial charge is 0.489 e. The van der Waals surface area contributed by atoms with Crippen molar-refractivity contribution in [2.45, 2.75) is 45.3 Å². The number of ether oxygens (including phenoxy) is 1. The Bertz CT molecular complexity index is 759. The molecule has 0 aromatic heterocycles. The molecule has 5 heteroatoms. The minimum absolute atomic E-state index is 0.172. The number of piperidine rings is 1. The Morgan fingerprint density at radius 3 is 2.52 bits per heavy atom. The van der Waals surface area contributed by atoms with Gasteiger partial charge in [0, 0.05) is 18.3 Å². The summed E-state index contributed by atoms with van der Waals surface area (Å²) in [6.07, 6.45) is 3.94. The molecule has 1 aliphatic rings. The Morgan fingerprint density at radius 2 is 1.81 bits per heavy atom. The SMILES string of the molecule is CCC1CCCCN1C(=O)C(=O)Nc1ccc(OCc2ccccc2)cc1. The molecule has 1 saturated heterocycles. The first-order valence-electron chi connectivity index (χ1n) is 9.56. The summed E-state index contributed by atoms with van der Waals surface area (Å²) in [5, 5.41) is 2.70. The van der Waals surface area contributed by atoms with Crippen LogP contribution in [0.25, 0.3) is 0 Å². The number of rotatable bonds is 5. The average molecular weight is 366 g/mol. The van der Waals surface area contributed by atoms with E-state index in [4.69, 9.17) is 4.74 Å². The van der Waals surface area contributed by atoms with E-state index in [0.29, 0.717) is 24.6 Å². The van der Waals surface area contributed by atoms with Gasteiger partial charge in [0.15, 0.2) is 0 Å². The van der Waals surface area contributed by atoms with E-state index in [2.05, 4.69) is 12.2 Å². The molecule has 1 atom stereocenters. The normalized spacial score (nSPS) is 16.6. The number of amides is 2. The van der Waals surface area contributed by atoms with Crippen LogP contribution in [-0.2, 0) is 16.2 Å². The Kier molecular flexibility index (Phi) is 6.47. The third-order valence-corrected chi connectivity index (χ3v) is 4.91. The summed E-state index contributed by atoms with van der Waals surface area (Å²) in [6.45, 7) is 3.21. The molecular formula is C22H26N2O3. The Hall–Kier alpha value is -2.82. The van der Waals surface area contributed by atoms with Gasteiger partial charge in [-0.25, -0.2) is 0 Å². The van der Waals surface area contributed by atoms with E-state index in [-0.39, 0.29) is 6.04 Å². The summed E-state index contributed by atoms with van der Waals surface area (Å²) in [6, 6.07) is 17.2. The molecule has 0 radical (unpaired) electrons. The number of nitrogens with one attached hydrogen (secondary N) is 1. The molecule has 2 aromatic rings. The summed E-state index contributed by atoms with van der Waals surface area (Å²) < 4.78 is 5.74. The van der Waals surface area contributed by atoms with Gasteiger partial charge in [-0.15, -0.1) is 0 Å². The van der Waals surface area contributed by atoms with Gasteiger partial charge < -0.3 is 15.0 Å². The minimum Gasteiger partial charge on any atom is -0.489 e. The zero-order valence-electron chi connectivity index (χ0n) is 15.7. The first-order chi connectivity index (χ1) is 13.2. The third kappa shape index (κ3) is 5.09. The molecule has 2 aromatic carbocycles. The summed E-state index contributed by atoms with van der Waals surface area (Å²) in [4.78, 5) is 26.5. The van der Waals surface area contributed by atoms with Crippen molar-refractivity contribution < 1.29 is 14.3 Å². The molecule has 1 heterocycles. The molecule has 3 rings (SSSR count). The fourth-order valence-corrected chi connectivity index (χ4v) is 3.38. The fourth-order valence-electron chi connectivity index (χ4n) is 3.38. The zero-order chi connectivity index (χ0) is 19.1. The van der Waals surface area contributed by atoms with E-state index >= 15 is 0 Å². The lowest BCUT2D eigenvalue weighted by molar-refractivity contribution is -0.145. The van der Waals surface area contributed by atoms with Crippen LogP contribution in [0.5, 0.6) is 5.75 Å². The number of carbonyl (C=O) groups excluding carboxylic acids is 2. The molecule has 0 aliphatic carbocycles. The minimum atomic E-state index is -0.576. The third-order valence-electron chi connectivity index (χ3n) is 4.91. The van der Waals surface area contributed by atoms with Gasteiger partial charge in [0.2, 0.25) is 0 Å². The molecule has 0 saturated carbocycles. The topological polar surface area (TPSA) is 58.6 Å². The Balaban J connectivity index is 1.54. The molecule has 5 nitrogen and oxygen atoms in total. The second kappa shape index (κ2) is 9.21. The van der Waals surface area contributed by atoms with Crippen LogP contribution in [0.2, 0.25) is 0 Å². The molecule has 1 fully saturated rings. The van der Waals surface area contributed by atoms with Crippen molar-refractivity contribution in [3.05, 3.63) is 60.2 Å². The molecule has 1 aliphatic heterocycles. The van der Waals surface area contributed by atoms with Crippen molar-refractivity contribution in [3.63, 3.8) is 0 Å². The summed E-state index contributed by atoms with van der Waals surface area (Å²) in [7, 11) is 0. The van der Waals surface area contributed by atoms with Crippen molar-refractivity contribution in [2.24, 2.45) is 0 Å². The summed E-state index contributed by atoms with van der Waals surface area (Å²) >= 11 is 0.